The molecule has 0 aromatic rings. The summed E-state index contributed by atoms with van der Waals surface area (Å²) in [6.07, 6.45) is 6.96. The Morgan fingerprint density at radius 2 is 1.53 bits per heavy atom. The maximum Gasteiger partial charge on any atom is 0.252 e. The average molecular weight is 389 g/mol. The van der Waals surface area contributed by atoms with Crippen molar-refractivity contribution in [3.63, 3.8) is 0 Å². The van der Waals surface area contributed by atoms with Gasteiger partial charge in [0.1, 0.15) is 5.21 Å². The van der Waals surface area contributed by atoms with E-state index in [0.717, 1.165) is 38.5 Å². The molecule has 0 spiro atoms. The zero-order valence-corrected chi connectivity index (χ0v) is 15.0. The van der Waals surface area contributed by atoms with Crippen LogP contribution in [0.5, 0.6) is 0 Å². The Bertz CT molecular complexity index is 364. The Labute approximate surface area is 139 Å². The number of hydrogen-bond donors (Lipinski definition) is 0. The molecular formula is C10H17Cl4NO2S2. The Morgan fingerprint density at radius 3 is 1.95 bits per heavy atom. The normalized spacial score (nSPS) is 20.3. The smallest absolute Gasteiger partial charge is 0.210 e. The van der Waals surface area contributed by atoms with Gasteiger partial charge in [-0.2, -0.15) is 0 Å². The van der Waals surface area contributed by atoms with Gasteiger partial charge in [-0.1, -0.05) is 66.9 Å². The van der Waals surface area contributed by atoms with Crippen LogP contribution in [-0.2, 0) is 10.0 Å². The van der Waals surface area contributed by atoms with Gasteiger partial charge in [-0.25, -0.2) is 8.42 Å². The zero-order chi connectivity index (χ0) is 14.5. The zero-order valence-electron chi connectivity index (χ0n) is 10.3. The average Bonchev–Trinajstić information content (AvgIpc) is 2.25. The molecule has 1 rings (SSSR count). The Balaban J connectivity index is 2.87. The maximum absolute atomic E-state index is 12.1. The van der Waals surface area contributed by atoms with E-state index in [1.807, 2.05) is 0 Å². The fourth-order valence-corrected chi connectivity index (χ4v) is 5.95. The molecule has 0 amide bonds. The molecular weight excluding hydrogens is 372 g/mol. The fraction of sp³-hybridized carbons (Fsp3) is 1.00. The van der Waals surface area contributed by atoms with Gasteiger partial charge in [0, 0.05) is 6.04 Å². The van der Waals surface area contributed by atoms with E-state index >= 15 is 0 Å². The third-order valence-electron chi connectivity index (χ3n) is 2.98. The van der Waals surface area contributed by atoms with Crippen molar-refractivity contribution in [2.75, 3.05) is 5.21 Å². The van der Waals surface area contributed by atoms with Gasteiger partial charge in [0.05, 0.1) is 0 Å². The largest absolute Gasteiger partial charge is 0.252 e. The van der Waals surface area contributed by atoms with Crippen molar-refractivity contribution in [2.45, 2.75) is 54.1 Å². The molecule has 1 aliphatic rings. The molecule has 0 aliphatic heterocycles. The van der Waals surface area contributed by atoms with Crippen molar-refractivity contribution in [2.24, 2.45) is 0 Å². The first-order valence-electron chi connectivity index (χ1n) is 6.10. The van der Waals surface area contributed by atoms with Crippen LogP contribution in [0, 0.1) is 0 Å². The lowest BCUT2D eigenvalue weighted by Gasteiger charge is -2.32. The fourth-order valence-electron chi connectivity index (χ4n) is 2.15. The Morgan fingerprint density at radius 1 is 1.05 bits per heavy atom. The number of sulfonamides is 1. The lowest BCUT2D eigenvalue weighted by atomic mass is 9.97. The van der Waals surface area contributed by atoms with E-state index in [4.69, 9.17) is 46.4 Å². The van der Waals surface area contributed by atoms with Gasteiger partial charge in [-0.15, -0.1) is 15.3 Å². The molecule has 1 aliphatic carbocycles. The van der Waals surface area contributed by atoms with Crippen molar-refractivity contribution in [3.05, 3.63) is 0 Å². The molecule has 9 heteroatoms. The first-order valence-corrected chi connectivity index (χ1v) is 10.2. The molecule has 1 saturated carbocycles. The van der Waals surface area contributed by atoms with Gasteiger partial charge in [0.25, 0.3) is 3.12 Å². The van der Waals surface area contributed by atoms with Crippen molar-refractivity contribution in [1.82, 2.24) is 3.71 Å². The van der Waals surface area contributed by atoms with E-state index in [9.17, 15) is 8.42 Å². The second-order valence-electron chi connectivity index (χ2n) is 4.51. The molecule has 0 heterocycles. The van der Waals surface area contributed by atoms with Gasteiger partial charge < -0.3 is 0 Å². The van der Waals surface area contributed by atoms with Crippen molar-refractivity contribution >= 4 is 68.4 Å². The topological polar surface area (TPSA) is 37.4 Å². The lowest BCUT2D eigenvalue weighted by molar-refractivity contribution is 0.363. The predicted octanol–water partition coefficient (Wildman–Crippen LogP) is 4.90. The van der Waals surface area contributed by atoms with E-state index in [2.05, 4.69) is 0 Å². The number of nitrogens with zero attached hydrogens (tertiary/aromatic N) is 1. The molecule has 0 aromatic heterocycles. The van der Waals surface area contributed by atoms with Gasteiger partial charge in [0.15, 0.2) is 0 Å². The highest BCUT2D eigenvalue weighted by molar-refractivity contribution is 8.12. The minimum absolute atomic E-state index is 0.148. The Hall–Kier alpha value is 1.42. The van der Waals surface area contributed by atoms with Crippen LogP contribution in [0.4, 0.5) is 0 Å². The first kappa shape index (κ1) is 18.5. The summed E-state index contributed by atoms with van der Waals surface area (Å²) >= 11 is 23.4. The molecule has 0 radical (unpaired) electrons. The van der Waals surface area contributed by atoms with E-state index in [1.165, 1.54) is 10.1 Å². The summed E-state index contributed by atoms with van der Waals surface area (Å²) in [5.74, 6) is 0. The second-order valence-corrected chi connectivity index (χ2v) is 11.3. The highest BCUT2D eigenvalue weighted by Crippen LogP contribution is 2.44. The van der Waals surface area contributed by atoms with Gasteiger partial charge in [-0.05, 0) is 24.8 Å². The van der Waals surface area contributed by atoms with E-state index in [-0.39, 0.29) is 6.04 Å². The van der Waals surface area contributed by atoms with Crippen LogP contribution < -0.4 is 0 Å². The molecule has 19 heavy (non-hydrogen) atoms. The maximum atomic E-state index is 12.1. The van der Waals surface area contributed by atoms with Crippen molar-refractivity contribution < 1.29 is 8.42 Å². The molecule has 0 bridgehead atoms. The van der Waals surface area contributed by atoms with Crippen LogP contribution in [0.25, 0.3) is 0 Å². The molecule has 3 nitrogen and oxygen atoms in total. The third kappa shape index (κ3) is 6.81. The molecule has 114 valence electrons. The highest BCUT2D eigenvalue weighted by atomic mass is 35.6. The van der Waals surface area contributed by atoms with Crippen LogP contribution >= 0.6 is 58.4 Å². The Kier molecular flexibility index (Phi) is 7.93. The number of rotatable bonds is 4. The standard InChI is InChI=1S/C10H17Cl4NO2S2/c11-8-19(16,17)15(18-10(12,13)14)9-6-4-2-1-3-5-7-9/h9H,1-8H2. The van der Waals surface area contributed by atoms with E-state index in [0.29, 0.717) is 11.9 Å². The number of hydrogen-bond acceptors (Lipinski definition) is 3. The summed E-state index contributed by atoms with van der Waals surface area (Å²) in [7, 11) is -3.61. The van der Waals surface area contributed by atoms with Gasteiger partial charge in [0.2, 0.25) is 10.0 Å². The van der Waals surface area contributed by atoms with E-state index < -0.39 is 18.4 Å². The van der Waals surface area contributed by atoms with Gasteiger partial charge in [-0.3, -0.25) is 0 Å². The summed E-state index contributed by atoms with van der Waals surface area (Å²) in [6, 6.07) is -0.148. The highest BCUT2D eigenvalue weighted by Gasteiger charge is 2.37. The molecule has 0 N–H and O–H groups in total. The molecule has 0 unspecified atom stereocenters. The number of alkyl halides is 4. The third-order valence-corrected chi connectivity index (χ3v) is 7.14. The summed E-state index contributed by atoms with van der Waals surface area (Å²) in [6.45, 7) is 0. The second kappa shape index (κ2) is 8.16. The molecule has 0 atom stereocenters. The minimum atomic E-state index is -3.61. The van der Waals surface area contributed by atoms with Crippen LogP contribution in [0.2, 0.25) is 0 Å². The summed E-state index contributed by atoms with van der Waals surface area (Å²) in [5, 5.41) is -0.503. The molecule has 1 fully saturated rings. The predicted molar refractivity (Wildman–Crippen MR) is 85.5 cm³/mol. The van der Waals surface area contributed by atoms with Crippen molar-refractivity contribution in [1.29, 1.82) is 0 Å². The van der Waals surface area contributed by atoms with Crippen LogP contribution in [0.3, 0.4) is 0 Å². The lowest BCUT2D eigenvalue weighted by Crippen LogP contribution is -2.37. The molecule has 0 aromatic carbocycles. The van der Waals surface area contributed by atoms with Crippen LogP contribution in [-0.4, -0.2) is 26.5 Å². The first-order chi connectivity index (χ1) is 8.76. The summed E-state index contributed by atoms with van der Waals surface area (Å²) in [4.78, 5) is 0. The van der Waals surface area contributed by atoms with Crippen molar-refractivity contribution in [3.8, 4) is 0 Å². The van der Waals surface area contributed by atoms with E-state index in [1.54, 1.807) is 0 Å². The summed E-state index contributed by atoms with van der Waals surface area (Å²) < 4.78 is 23.6. The minimum Gasteiger partial charge on any atom is -0.210 e. The quantitative estimate of drug-likeness (QED) is 0.507. The van der Waals surface area contributed by atoms with Crippen LogP contribution in [0.15, 0.2) is 0 Å². The summed E-state index contributed by atoms with van der Waals surface area (Å²) in [5.41, 5.74) is 0. The number of halogens is 4. The monoisotopic (exact) mass is 387 g/mol. The van der Waals surface area contributed by atoms with Gasteiger partial charge >= 0.3 is 0 Å². The molecule has 0 saturated heterocycles. The SMILES string of the molecule is O=S(=O)(CCl)N(SC(Cl)(Cl)Cl)C1CCCCCCC1. The van der Waals surface area contributed by atoms with Crippen LogP contribution in [0.1, 0.15) is 44.9 Å².